The van der Waals surface area contributed by atoms with Gasteiger partial charge in [-0.25, -0.2) is 17.6 Å². The number of Topliss-reactive ketones (excluding diaryl/α,β-unsaturated/α-hetero) is 1. The van der Waals surface area contributed by atoms with E-state index in [1.807, 2.05) is 119 Å². The van der Waals surface area contributed by atoms with Crippen molar-refractivity contribution in [2.75, 3.05) is 19.8 Å². The number of hydrogen-bond donors (Lipinski definition) is 0. The molecule has 0 amide bonds. The van der Waals surface area contributed by atoms with E-state index in [0.29, 0.717) is 82.5 Å². The van der Waals surface area contributed by atoms with Crippen molar-refractivity contribution in [3.05, 3.63) is 298 Å². The predicted octanol–water partition coefficient (Wildman–Crippen LogP) is 17.7. The van der Waals surface area contributed by atoms with E-state index in [1.54, 1.807) is 60.7 Å². The van der Waals surface area contributed by atoms with Crippen molar-refractivity contribution in [3.63, 3.8) is 0 Å². The maximum atomic E-state index is 14.6. The molecule has 542 valence electrons. The summed E-state index contributed by atoms with van der Waals surface area (Å²) in [5, 5.41) is 25.1. The van der Waals surface area contributed by atoms with Gasteiger partial charge >= 0.3 is 0 Å². The zero-order valence-corrected chi connectivity index (χ0v) is 65.3. The van der Waals surface area contributed by atoms with Crippen molar-refractivity contribution in [2.24, 2.45) is 20.0 Å². The van der Waals surface area contributed by atoms with Crippen molar-refractivity contribution >= 4 is 76.6 Å². The van der Waals surface area contributed by atoms with E-state index in [2.05, 4.69) is 140 Å². The molecule has 0 radical (unpaired) electrons. The van der Waals surface area contributed by atoms with Gasteiger partial charge in [-0.3, -0.25) is 38.5 Å². The molecule has 0 spiro atoms. The highest BCUT2D eigenvalue weighted by molar-refractivity contribution is 9.10. The number of ether oxygens (including phenoxy) is 1. The zero-order valence-electron chi connectivity index (χ0n) is 60.1. The summed E-state index contributed by atoms with van der Waals surface area (Å²) in [4.78, 5) is 30.1. The van der Waals surface area contributed by atoms with Gasteiger partial charge in [0.2, 0.25) is 0 Å². The average Bonchev–Trinajstić information content (AvgIpc) is 1.67. The fourth-order valence-electron chi connectivity index (χ4n) is 11.8. The summed E-state index contributed by atoms with van der Waals surface area (Å²) < 4.78 is 69.9. The van der Waals surface area contributed by atoms with E-state index in [9.17, 15) is 22.4 Å². The molecule has 5 aliphatic heterocycles. The number of rotatable bonds is 4. The van der Waals surface area contributed by atoms with Gasteiger partial charge < -0.3 is 4.74 Å². The van der Waals surface area contributed by atoms with Crippen LogP contribution in [0.15, 0.2) is 199 Å². The summed E-state index contributed by atoms with van der Waals surface area (Å²) in [5.74, 6) is 9.27. The van der Waals surface area contributed by atoms with Crippen LogP contribution in [0, 0.1) is 79.8 Å². The number of carbonyl (C=O) groups is 1. The third-order valence-corrected chi connectivity index (χ3v) is 19.6. The average molecular weight is 1590 g/mol. The SMILES string of the molecule is C.C#C[Si](C)(C)C.C#Cc1ccc2c(c1)C(c1ccccc1F)=NCc1nnc(C)n1-2.C1CCOC1.Cc1nnc2n1-c1ccc(Br)cc1C(c1ccccc1F)=NC2.Cc1nnc2n1-c1ccc(C#C[Si](C)(C)C)cc1C(c1ccccc1F)=NC2.O=C1CN=C(c2ccccc2F)c2cc(Br)ccc2C1. The molecule has 0 aliphatic carbocycles. The molecule has 8 heterocycles. The van der Waals surface area contributed by atoms with Crippen molar-refractivity contribution in [1.82, 2.24) is 44.3 Å². The summed E-state index contributed by atoms with van der Waals surface area (Å²) in [6.45, 7) is 21.9. The van der Waals surface area contributed by atoms with Crippen LogP contribution in [0.25, 0.3) is 17.1 Å². The lowest BCUT2D eigenvalue weighted by Gasteiger charge is -2.13. The molecule has 107 heavy (non-hydrogen) atoms. The van der Waals surface area contributed by atoms with Crippen LogP contribution in [0.5, 0.6) is 0 Å². The van der Waals surface area contributed by atoms with Gasteiger partial charge in [0.15, 0.2) is 23.3 Å². The van der Waals surface area contributed by atoms with Crippen molar-refractivity contribution in [2.45, 2.75) is 106 Å². The Hall–Kier alpha value is -10.7. The van der Waals surface area contributed by atoms with Gasteiger partial charge in [-0.15, -0.1) is 54.5 Å². The first-order valence-electron chi connectivity index (χ1n) is 34.2. The molecular weight excluding hydrogens is 1510 g/mol. The summed E-state index contributed by atoms with van der Waals surface area (Å²) in [5.41, 5.74) is 18.8. The molecule has 0 bridgehead atoms. The maximum absolute atomic E-state index is 14.6. The summed E-state index contributed by atoms with van der Waals surface area (Å²) in [6, 6.07) is 49.7. The van der Waals surface area contributed by atoms with Crippen molar-refractivity contribution in [1.29, 1.82) is 0 Å². The van der Waals surface area contributed by atoms with Crippen molar-refractivity contribution in [3.8, 4) is 52.8 Å². The quantitative estimate of drug-likeness (QED) is 0.0953. The predicted molar refractivity (Wildman–Crippen MR) is 430 cm³/mol. The van der Waals surface area contributed by atoms with E-state index >= 15 is 0 Å². The number of halogens is 6. The van der Waals surface area contributed by atoms with Crippen LogP contribution in [0.2, 0.25) is 39.3 Å². The molecular formula is C84H79Br2F4N13O2Si2. The number of aryl methyl sites for hydroxylation is 3. The number of aliphatic imine (C=N–C) groups is 4. The van der Waals surface area contributed by atoms with Gasteiger partial charge in [0, 0.05) is 84.2 Å². The van der Waals surface area contributed by atoms with Gasteiger partial charge in [-0.05, 0) is 154 Å². The van der Waals surface area contributed by atoms with Gasteiger partial charge in [0.25, 0.3) is 0 Å². The normalized spacial score (nSPS) is 13.4. The first-order chi connectivity index (χ1) is 50.9. The minimum Gasteiger partial charge on any atom is -0.381 e. The van der Waals surface area contributed by atoms with Gasteiger partial charge in [0.1, 0.15) is 76.5 Å². The Kier molecular flexibility index (Phi) is 25.9. The molecule has 11 aromatic rings. The molecule has 16 rings (SSSR count). The molecule has 23 heteroatoms. The zero-order chi connectivity index (χ0) is 75.4. The second-order valence-electron chi connectivity index (χ2n) is 27.1. The number of fused-ring (bicyclic) bond motifs is 10. The first kappa shape index (κ1) is 78.9. The summed E-state index contributed by atoms with van der Waals surface area (Å²) in [7, 11) is -2.61. The molecule has 0 unspecified atom stereocenters. The Bertz CT molecular complexity index is 5440. The van der Waals surface area contributed by atoms with Crippen LogP contribution < -0.4 is 0 Å². The molecule has 0 atom stereocenters. The largest absolute Gasteiger partial charge is 0.381 e. The third-order valence-electron chi connectivity index (χ3n) is 16.9. The van der Waals surface area contributed by atoms with Crippen LogP contribution in [0.1, 0.15) is 116 Å². The Labute approximate surface area is 640 Å². The summed E-state index contributed by atoms with van der Waals surface area (Å²) in [6.07, 6.45) is 13.6. The molecule has 1 saturated heterocycles. The molecule has 3 aromatic heterocycles. The number of nitrogens with zero attached hydrogens (tertiary/aromatic N) is 13. The Morgan fingerprint density at radius 3 is 1.15 bits per heavy atom. The van der Waals surface area contributed by atoms with Crippen LogP contribution in [-0.2, 0) is 35.6 Å². The van der Waals surface area contributed by atoms with Crippen LogP contribution in [0.4, 0.5) is 17.6 Å². The number of ketones is 1. The highest BCUT2D eigenvalue weighted by atomic mass is 79.9. The van der Waals surface area contributed by atoms with E-state index in [1.165, 1.54) is 37.1 Å². The van der Waals surface area contributed by atoms with Gasteiger partial charge in [-0.2, -0.15) is 0 Å². The van der Waals surface area contributed by atoms with E-state index in [4.69, 9.17) is 22.6 Å². The monoisotopic (exact) mass is 1590 g/mol. The highest BCUT2D eigenvalue weighted by Gasteiger charge is 2.28. The van der Waals surface area contributed by atoms with E-state index < -0.39 is 16.1 Å². The Balaban J connectivity index is 0.000000145. The molecule has 0 N–H and O–H groups in total. The van der Waals surface area contributed by atoms with Gasteiger partial charge in [0.05, 0.1) is 46.5 Å². The van der Waals surface area contributed by atoms with Gasteiger partial charge in [-0.1, -0.05) is 145 Å². The lowest BCUT2D eigenvalue weighted by Crippen LogP contribution is -2.16. The minimum atomic E-state index is -1.51. The number of hydrogen-bond acceptors (Lipinski definition) is 12. The lowest BCUT2D eigenvalue weighted by atomic mass is 9.96. The van der Waals surface area contributed by atoms with Crippen LogP contribution in [-0.4, -0.2) is 109 Å². The standard InChI is InChI=1S/C22H21FN4Si.C19H13FN4.C17H12BrFN4.C16H11BrFNO.C5H10Si.C4H8O.CH4/c1-15-25-26-21-14-24-22(17-7-5-6-8-19(17)23)18-13-16(11-12-28(2,3)4)9-10-20(18)27(15)21;1-3-13-8-9-17-15(10-13)19(14-6-4-5-7-16(14)20)21-11-18-23-22-12(2)24(17)18;1-10-21-22-16-9-20-17(12-4-2-3-5-14(12)19)13-8-11(18)6-7-15(13)23(10)16;17-11-6-5-10-7-12(20)9-19-16(14(10)8-11)13-3-1-2-4-15(13)18;1-5-6(2,3)4;1-2-4-5-3-1;/h5-10,13H,14H2,1-4H3;1,4-10H,11H2,2H3;2-8H,9H2,1H3;1-6,8H,7,9H2;1H,2-4H3;1-4H2;1H4. The minimum absolute atomic E-state index is 0. The highest BCUT2D eigenvalue weighted by Crippen LogP contribution is 2.33. The molecule has 5 aliphatic rings. The van der Waals surface area contributed by atoms with Crippen LogP contribution in [0.3, 0.4) is 0 Å². The van der Waals surface area contributed by atoms with E-state index in [-0.39, 0.29) is 43.0 Å². The second kappa shape index (κ2) is 35.1. The number of benzene rings is 8. The lowest BCUT2D eigenvalue weighted by molar-refractivity contribution is -0.117. The molecule has 8 aromatic carbocycles. The topological polar surface area (TPSA) is 168 Å². The maximum Gasteiger partial charge on any atom is 0.159 e. The summed E-state index contributed by atoms with van der Waals surface area (Å²) >= 11 is 6.91. The van der Waals surface area contributed by atoms with Crippen LogP contribution >= 0.6 is 31.9 Å². The third kappa shape index (κ3) is 19.1. The fraction of sp³-hybridized carbons (Fsp3) is 0.226. The molecule has 1 fully saturated rings. The number of aromatic nitrogens is 9. The smallest absolute Gasteiger partial charge is 0.159 e. The molecule has 0 saturated carbocycles. The Morgan fingerprint density at radius 1 is 0.430 bits per heavy atom. The first-order valence-corrected chi connectivity index (χ1v) is 42.8. The number of terminal acetylenes is 2. The van der Waals surface area contributed by atoms with Crippen molar-refractivity contribution < 1.29 is 27.1 Å². The molecule has 15 nitrogen and oxygen atoms in total. The Morgan fingerprint density at radius 2 is 0.776 bits per heavy atom. The number of carbonyl (C=O) groups excluding carboxylic acids is 1. The fourth-order valence-corrected chi connectivity index (χ4v) is 13.1. The van der Waals surface area contributed by atoms with E-state index in [0.717, 1.165) is 102 Å². The second-order valence-corrected chi connectivity index (χ2v) is 38.4.